The van der Waals surface area contributed by atoms with E-state index in [1.807, 2.05) is 6.07 Å². The Kier molecular flexibility index (Phi) is 3.95. The first-order valence-corrected chi connectivity index (χ1v) is 6.19. The molecule has 0 saturated heterocycles. The van der Waals surface area contributed by atoms with E-state index in [1.54, 1.807) is 17.4 Å². The number of aromatic carboxylic acids is 1. The molecule has 2 aromatic rings. The fourth-order valence-corrected chi connectivity index (χ4v) is 2.17. The van der Waals surface area contributed by atoms with Crippen molar-refractivity contribution < 1.29 is 14.3 Å². The van der Waals surface area contributed by atoms with Crippen LogP contribution in [0.25, 0.3) is 0 Å². The Balaban J connectivity index is 1.72. The highest BCUT2D eigenvalue weighted by atomic mass is 32.1. The summed E-state index contributed by atoms with van der Waals surface area (Å²) in [5, 5.41) is 14.0. The van der Waals surface area contributed by atoms with Crippen LogP contribution < -0.4 is 5.32 Å². The van der Waals surface area contributed by atoms with E-state index in [2.05, 4.69) is 16.8 Å². The molecule has 0 atom stereocenters. The van der Waals surface area contributed by atoms with E-state index >= 15 is 0 Å². The van der Waals surface area contributed by atoms with Gasteiger partial charge in [-0.05, 0) is 30.0 Å². The van der Waals surface area contributed by atoms with Gasteiger partial charge in [-0.15, -0.1) is 11.3 Å². The smallest absolute Gasteiger partial charge is 0.371 e. The van der Waals surface area contributed by atoms with E-state index in [1.165, 1.54) is 10.9 Å². The molecular formula is C12H13NO3S. The van der Waals surface area contributed by atoms with Crippen LogP contribution in [-0.4, -0.2) is 17.6 Å². The highest BCUT2D eigenvalue weighted by molar-refractivity contribution is 7.09. The zero-order chi connectivity index (χ0) is 12.1. The zero-order valence-corrected chi connectivity index (χ0v) is 10.00. The van der Waals surface area contributed by atoms with E-state index in [0.29, 0.717) is 12.3 Å². The molecule has 0 aliphatic heterocycles. The van der Waals surface area contributed by atoms with E-state index < -0.39 is 5.97 Å². The summed E-state index contributed by atoms with van der Waals surface area (Å²) < 4.78 is 5.12. The molecule has 2 N–H and O–H groups in total. The predicted molar refractivity (Wildman–Crippen MR) is 65.4 cm³/mol. The van der Waals surface area contributed by atoms with E-state index in [4.69, 9.17) is 9.52 Å². The van der Waals surface area contributed by atoms with Crippen LogP contribution in [-0.2, 0) is 13.0 Å². The van der Waals surface area contributed by atoms with Crippen molar-refractivity contribution in [2.24, 2.45) is 0 Å². The Labute approximate surface area is 103 Å². The highest BCUT2D eigenvalue weighted by Crippen LogP contribution is 2.09. The SMILES string of the molecule is O=C(O)c1ccc(CNCCc2cccs2)o1. The lowest BCUT2D eigenvalue weighted by atomic mass is 10.3. The number of carboxylic acid groups (broad SMARTS) is 1. The number of thiophene rings is 1. The van der Waals surface area contributed by atoms with Crippen molar-refractivity contribution in [1.82, 2.24) is 5.32 Å². The number of nitrogens with one attached hydrogen (secondary N) is 1. The summed E-state index contributed by atoms with van der Waals surface area (Å²) in [5.41, 5.74) is 0. The summed E-state index contributed by atoms with van der Waals surface area (Å²) in [6, 6.07) is 7.29. The van der Waals surface area contributed by atoms with Crippen LogP contribution in [0.1, 0.15) is 21.2 Å². The lowest BCUT2D eigenvalue weighted by Crippen LogP contribution is -2.15. The van der Waals surface area contributed by atoms with Crippen molar-refractivity contribution in [2.75, 3.05) is 6.54 Å². The van der Waals surface area contributed by atoms with Crippen molar-refractivity contribution in [3.05, 3.63) is 46.0 Å². The second-order valence-corrected chi connectivity index (χ2v) is 4.61. The summed E-state index contributed by atoms with van der Waals surface area (Å²) in [4.78, 5) is 11.9. The third-order valence-electron chi connectivity index (χ3n) is 2.30. The monoisotopic (exact) mass is 251 g/mol. The molecular weight excluding hydrogens is 238 g/mol. The highest BCUT2D eigenvalue weighted by Gasteiger charge is 2.08. The maximum atomic E-state index is 10.6. The Hall–Kier alpha value is -1.59. The van der Waals surface area contributed by atoms with Crippen LogP contribution in [0.4, 0.5) is 0 Å². The van der Waals surface area contributed by atoms with Gasteiger partial charge in [-0.3, -0.25) is 0 Å². The Morgan fingerprint density at radius 1 is 1.41 bits per heavy atom. The molecule has 2 aromatic heterocycles. The van der Waals surface area contributed by atoms with Gasteiger partial charge in [0.15, 0.2) is 0 Å². The first-order valence-electron chi connectivity index (χ1n) is 5.31. The van der Waals surface area contributed by atoms with Crippen molar-refractivity contribution in [3.63, 3.8) is 0 Å². The summed E-state index contributed by atoms with van der Waals surface area (Å²) >= 11 is 1.74. The number of rotatable bonds is 6. The molecule has 0 fully saturated rings. The molecule has 4 nitrogen and oxygen atoms in total. The van der Waals surface area contributed by atoms with Crippen LogP contribution in [0.3, 0.4) is 0 Å². The predicted octanol–water partition coefficient (Wildman–Crippen LogP) is 2.37. The molecule has 0 radical (unpaired) electrons. The van der Waals surface area contributed by atoms with Gasteiger partial charge in [-0.25, -0.2) is 4.79 Å². The minimum absolute atomic E-state index is 0.0138. The van der Waals surface area contributed by atoms with Gasteiger partial charge in [0.2, 0.25) is 5.76 Å². The second kappa shape index (κ2) is 5.65. The molecule has 90 valence electrons. The number of hydrogen-bond acceptors (Lipinski definition) is 4. The standard InChI is InChI=1S/C12H13NO3S/c14-12(15)11-4-3-9(16-11)8-13-6-5-10-2-1-7-17-10/h1-4,7,13H,5-6,8H2,(H,14,15). The van der Waals surface area contributed by atoms with Gasteiger partial charge in [0, 0.05) is 11.4 Å². The van der Waals surface area contributed by atoms with E-state index in [-0.39, 0.29) is 5.76 Å². The molecule has 2 rings (SSSR count). The normalized spacial score (nSPS) is 10.6. The van der Waals surface area contributed by atoms with Gasteiger partial charge in [0.05, 0.1) is 6.54 Å². The van der Waals surface area contributed by atoms with Gasteiger partial charge in [-0.1, -0.05) is 6.07 Å². The largest absolute Gasteiger partial charge is 0.475 e. The van der Waals surface area contributed by atoms with Crippen LogP contribution in [0, 0.1) is 0 Å². The fourth-order valence-electron chi connectivity index (χ4n) is 1.47. The molecule has 0 spiro atoms. The molecule has 0 aliphatic rings. The molecule has 0 unspecified atom stereocenters. The van der Waals surface area contributed by atoms with E-state index in [9.17, 15) is 4.79 Å². The average molecular weight is 251 g/mol. The van der Waals surface area contributed by atoms with Crippen molar-refractivity contribution in [2.45, 2.75) is 13.0 Å². The number of carbonyl (C=O) groups is 1. The molecule has 2 heterocycles. The van der Waals surface area contributed by atoms with Crippen molar-refractivity contribution >= 4 is 17.3 Å². The minimum Gasteiger partial charge on any atom is -0.475 e. The van der Waals surface area contributed by atoms with Crippen molar-refractivity contribution in [1.29, 1.82) is 0 Å². The lowest BCUT2D eigenvalue weighted by Gasteiger charge is -2.00. The molecule has 0 amide bonds. The van der Waals surface area contributed by atoms with Gasteiger partial charge in [0.25, 0.3) is 0 Å². The van der Waals surface area contributed by atoms with E-state index in [0.717, 1.165) is 13.0 Å². The van der Waals surface area contributed by atoms with Gasteiger partial charge in [0.1, 0.15) is 5.76 Å². The third kappa shape index (κ3) is 3.44. The summed E-state index contributed by atoms with van der Waals surface area (Å²) in [6.45, 7) is 1.41. The van der Waals surface area contributed by atoms with Crippen LogP contribution in [0.5, 0.6) is 0 Å². The second-order valence-electron chi connectivity index (χ2n) is 3.58. The number of carboxylic acids is 1. The fraction of sp³-hybridized carbons (Fsp3) is 0.250. The zero-order valence-electron chi connectivity index (χ0n) is 9.18. The molecule has 0 saturated carbocycles. The average Bonchev–Trinajstić information content (AvgIpc) is 2.96. The summed E-state index contributed by atoms with van der Waals surface area (Å²) in [5.74, 6) is -0.400. The maximum absolute atomic E-state index is 10.6. The van der Waals surface area contributed by atoms with Gasteiger partial charge >= 0.3 is 5.97 Å². The molecule has 0 aliphatic carbocycles. The summed E-state index contributed by atoms with van der Waals surface area (Å²) in [7, 11) is 0. The van der Waals surface area contributed by atoms with Gasteiger partial charge < -0.3 is 14.8 Å². The van der Waals surface area contributed by atoms with Crippen LogP contribution in [0.2, 0.25) is 0 Å². The Morgan fingerprint density at radius 3 is 2.94 bits per heavy atom. The number of furan rings is 1. The Bertz CT molecular complexity index is 476. The number of hydrogen-bond donors (Lipinski definition) is 2. The molecule has 0 aromatic carbocycles. The summed E-state index contributed by atoms with van der Waals surface area (Å²) in [6.07, 6.45) is 0.976. The van der Waals surface area contributed by atoms with Gasteiger partial charge in [-0.2, -0.15) is 0 Å². The topological polar surface area (TPSA) is 62.5 Å². The quantitative estimate of drug-likeness (QED) is 0.774. The maximum Gasteiger partial charge on any atom is 0.371 e. The van der Waals surface area contributed by atoms with Crippen LogP contribution >= 0.6 is 11.3 Å². The first-order chi connectivity index (χ1) is 8.25. The van der Waals surface area contributed by atoms with Crippen LogP contribution in [0.15, 0.2) is 34.1 Å². The minimum atomic E-state index is -1.03. The molecule has 5 heteroatoms. The molecule has 0 bridgehead atoms. The molecule has 17 heavy (non-hydrogen) atoms. The lowest BCUT2D eigenvalue weighted by molar-refractivity contribution is 0.0660. The Morgan fingerprint density at radius 2 is 2.29 bits per heavy atom. The first kappa shape index (κ1) is 11.9. The third-order valence-corrected chi connectivity index (χ3v) is 3.24. The van der Waals surface area contributed by atoms with Crippen molar-refractivity contribution in [3.8, 4) is 0 Å².